The highest BCUT2D eigenvalue weighted by molar-refractivity contribution is 7.99. The Balaban J connectivity index is 2.20. The van der Waals surface area contributed by atoms with Crippen molar-refractivity contribution >= 4 is 11.8 Å². The number of thioether (sulfide) groups is 1. The lowest BCUT2D eigenvalue weighted by molar-refractivity contribution is 0.240. The largest absolute Gasteiger partial charge is 0.395 e. The average molecular weight is 244 g/mol. The van der Waals surface area contributed by atoms with Crippen molar-refractivity contribution in [2.45, 2.75) is 31.0 Å². The maximum Gasteiger partial charge on any atom is 0.185 e. The van der Waals surface area contributed by atoms with Crippen LogP contribution in [-0.4, -0.2) is 44.8 Å². The Labute approximate surface area is 101 Å². The average Bonchev–Trinajstić information content (AvgIpc) is 2.69. The van der Waals surface area contributed by atoms with Gasteiger partial charge in [-0.15, -0.1) is 0 Å². The second kappa shape index (κ2) is 7.65. The fourth-order valence-electron chi connectivity index (χ4n) is 1.32. The Kier molecular flexibility index (Phi) is 6.44. The number of nitrogens with one attached hydrogen (secondary N) is 1. The summed E-state index contributed by atoms with van der Waals surface area (Å²) in [6, 6.07) is 0.195. The van der Waals surface area contributed by atoms with Crippen LogP contribution in [0.25, 0.3) is 0 Å². The van der Waals surface area contributed by atoms with Crippen molar-refractivity contribution in [3.05, 3.63) is 6.33 Å². The first kappa shape index (κ1) is 13.5. The monoisotopic (exact) mass is 244 g/mol. The fraction of sp³-hybridized carbons (Fsp3) is 0.800. The van der Waals surface area contributed by atoms with Crippen molar-refractivity contribution in [1.29, 1.82) is 0 Å². The van der Waals surface area contributed by atoms with Gasteiger partial charge in [0.25, 0.3) is 0 Å². The molecule has 1 unspecified atom stereocenters. The minimum atomic E-state index is 0.194. The zero-order chi connectivity index (χ0) is 11.8. The van der Waals surface area contributed by atoms with E-state index in [1.807, 2.05) is 7.05 Å². The molecule has 0 radical (unpaired) electrons. The van der Waals surface area contributed by atoms with Crippen LogP contribution >= 0.6 is 11.8 Å². The summed E-state index contributed by atoms with van der Waals surface area (Å²) >= 11 is 1.67. The van der Waals surface area contributed by atoms with Crippen LogP contribution in [-0.2, 0) is 7.05 Å². The van der Waals surface area contributed by atoms with E-state index in [2.05, 4.69) is 22.3 Å². The van der Waals surface area contributed by atoms with E-state index in [0.717, 1.165) is 30.3 Å². The molecular formula is C10H20N4OS. The van der Waals surface area contributed by atoms with Gasteiger partial charge < -0.3 is 10.4 Å². The first-order valence-corrected chi connectivity index (χ1v) is 6.57. The molecule has 0 aromatic carbocycles. The molecule has 0 spiro atoms. The smallest absolute Gasteiger partial charge is 0.185 e. The van der Waals surface area contributed by atoms with Crippen LogP contribution in [0.1, 0.15) is 19.8 Å². The molecule has 0 saturated heterocycles. The third-order valence-corrected chi connectivity index (χ3v) is 3.34. The molecular weight excluding hydrogens is 224 g/mol. The summed E-state index contributed by atoms with van der Waals surface area (Å²) in [5.74, 6) is 0.939. The Morgan fingerprint density at radius 3 is 3.00 bits per heavy atom. The highest BCUT2D eigenvalue weighted by atomic mass is 32.2. The van der Waals surface area contributed by atoms with Gasteiger partial charge in [0, 0.05) is 18.8 Å². The number of aryl methyl sites for hydroxylation is 1. The summed E-state index contributed by atoms with van der Waals surface area (Å²) in [7, 11) is 1.88. The SMILES string of the molecule is CCCNC(CO)CCSc1ncnn1C. The van der Waals surface area contributed by atoms with Crippen molar-refractivity contribution in [2.75, 3.05) is 18.9 Å². The molecule has 0 bridgehead atoms. The van der Waals surface area contributed by atoms with Crippen molar-refractivity contribution in [3.8, 4) is 0 Å². The normalized spacial score (nSPS) is 12.9. The molecule has 1 heterocycles. The van der Waals surface area contributed by atoms with Crippen LogP contribution < -0.4 is 5.32 Å². The lowest BCUT2D eigenvalue weighted by Gasteiger charge is -2.14. The van der Waals surface area contributed by atoms with E-state index < -0.39 is 0 Å². The van der Waals surface area contributed by atoms with Crippen LogP contribution in [0.4, 0.5) is 0 Å². The number of aromatic nitrogens is 3. The summed E-state index contributed by atoms with van der Waals surface area (Å²) < 4.78 is 1.76. The van der Waals surface area contributed by atoms with Gasteiger partial charge in [-0.05, 0) is 19.4 Å². The van der Waals surface area contributed by atoms with E-state index in [1.165, 1.54) is 0 Å². The van der Waals surface area contributed by atoms with E-state index >= 15 is 0 Å². The quantitative estimate of drug-likeness (QED) is 0.658. The Bertz CT molecular complexity index is 292. The summed E-state index contributed by atoms with van der Waals surface area (Å²) in [6.45, 7) is 3.27. The number of rotatable bonds is 8. The van der Waals surface area contributed by atoms with Crippen LogP contribution in [0.15, 0.2) is 11.5 Å². The predicted molar refractivity (Wildman–Crippen MR) is 65.5 cm³/mol. The van der Waals surface area contributed by atoms with E-state index in [4.69, 9.17) is 5.11 Å². The van der Waals surface area contributed by atoms with Gasteiger partial charge in [-0.1, -0.05) is 18.7 Å². The molecule has 0 aliphatic carbocycles. The number of hydrogen-bond acceptors (Lipinski definition) is 5. The minimum Gasteiger partial charge on any atom is -0.395 e. The molecule has 6 heteroatoms. The first-order valence-electron chi connectivity index (χ1n) is 5.59. The van der Waals surface area contributed by atoms with Gasteiger partial charge in [0.05, 0.1) is 6.61 Å². The summed E-state index contributed by atoms with van der Waals surface area (Å²) in [4.78, 5) is 4.13. The summed E-state index contributed by atoms with van der Waals surface area (Å²) in [5, 5.41) is 17.4. The molecule has 1 aromatic rings. The minimum absolute atomic E-state index is 0.194. The second-order valence-electron chi connectivity index (χ2n) is 3.64. The molecule has 0 aliphatic rings. The van der Waals surface area contributed by atoms with Crippen molar-refractivity contribution < 1.29 is 5.11 Å². The van der Waals surface area contributed by atoms with Gasteiger partial charge >= 0.3 is 0 Å². The summed E-state index contributed by atoms with van der Waals surface area (Å²) in [5.41, 5.74) is 0. The van der Waals surface area contributed by atoms with Crippen molar-refractivity contribution in [2.24, 2.45) is 7.05 Å². The maximum atomic E-state index is 9.16. The fourth-order valence-corrected chi connectivity index (χ4v) is 2.26. The lowest BCUT2D eigenvalue weighted by atomic mass is 10.2. The van der Waals surface area contributed by atoms with Gasteiger partial charge in [0.2, 0.25) is 0 Å². The molecule has 1 rings (SSSR count). The van der Waals surface area contributed by atoms with Gasteiger partial charge in [-0.25, -0.2) is 9.67 Å². The van der Waals surface area contributed by atoms with Gasteiger partial charge in [-0.3, -0.25) is 0 Å². The number of aliphatic hydroxyl groups excluding tert-OH is 1. The molecule has 1 aromatic heterocycles. The highest BCUT2D eigenvalue weighted by Crippen LogP contribution is 2.14. The van der Waals surface area contributed by atoms with Crippen molar-refractivity contribution in [3.63, 3.8) is 0 Å². The van der Waals surface area contributed by atoms with E-state index in [-0.39, 0.29) is 12.6 Å². The Morgan fingerprint density at radius 1 is 1.62 bits per heavy atom. The zero-order valence-electron chi connectivity index (χ0n) is 9.89. The van der Waals surface area contributed by atoms with Gasteiger partial charge in [0.15, 0.2) is 5.16 Å². The molecule has 1 atom stereocenters. The number of nitrogens with zero attached hydrogens (tertiary/aromatic N) is 3. The third kappa shape index (κ3) is 4.51. The predicted octanol–water partition coefficient (Wildman–Crippen LogP) is 0.658. The number of hydrogen-bond donors (Lipinski definition) is 2. The Morgan fingerprint density at radius 2 is 2.44 bits per heavy atom. The maximum absolute atomic E-state index is 9.16. The molecule has 0 saturated carbocycles. The van der Waals surface area contributed by atoms with Crippen LogP contribution in [0.3, 0.4) is 0 Å². The van der Waals surface area contributed by atoms with Crippen LogP contribution in [0.5, 0.6) is 0 Å². The molecule has 5 nitrogen and oxygen atoms in total. The van der Waals surface area contributed by atoms with E-state index in [9.17, 15) is 0 Å². The molecule has 0 amide bonds. The highest BCUT2D eigenvalue weighted by Gasteiger charge is 2.07. The van der Waals surface area contributed by atoms with E-state index in [1.54, 1.807) is 22.8 Å². The Hall–Kier alpha value is -0.590. The van der Waals surface area contributed by atoms with Crippen molar-refractivity contribution in [1.82, 2.24) is 20.1 Å². The standard InChI is InChI=1S/C10H20N4OS/c1-3-5-11-9(7-15)4-6-16-10-12-8-13-14(10)2/h8-9,11,15H,3-7H2,1-2H3. The molecule has 2 N–H and O–H groups in total. The third-order valence-electron chi connectivity index (χ3n) is 2.27. The number of aliphatic hydroxyl groups is 1. The zero-order valence-corrected chi connectivity index (χ0v) is 10.7. The van der Waals surface area contributed by atoms with Crippen LogP contribution in [0, 0.1) is 0 Å². The van der Waals surface area contributed by atoms with E-state index in [0.29, 0.717) is 0 Å². The first-order chi connectivity index (χ1) is 7.77. The lowest BCUT2D eigenvalue weighted by Crippen LogP contribution is -2.33. The molecule has 92 valence electrons. The molecule has 0 fully saturated rings. The summed E-state index contributed by atoms with van der Waals surface area (Å²) in [6.07, 6.45) is 3.59. The molecule has 0 aliphatic heterocycles. The topological polar surface area (TPSA) is 63.0 Å². The second-order valence-corrected chi connectivity index (χ2v) is 4.70. The van der Waals surface area contributed by atoms with Crippen LogP contribution in [0.2, 0.25) is 0 Å². The molecule has 16 heavy (non-hydrogen) atoms. The van der Waals surface area contributed by atoms with Gasteiger partial charge in [-0.2, -0.15) is 5.10 Å². The van der Waals surface area contributed by atoms with Gasteiger partial charge in [0.1, 0.15) is 6.33 Å².